The second kappa shape index (κ2) is 4.13. The molecule has 1 aliphatic rings. The molecule has 0 N–H and O–H groups in total. The molecule has 0 bridgehead atoms. The molecule has 0 radical (unpaired) electrons. The van der Waals surface area contributed by atoms with Gasteiger partial charge in [-0.25, -0.2) is 4.79 Å². The van der Waals surface area contributed by atoms with Crippen LogP contribution in [0.1, 0.15) is 12.0 Å². The molecule has 0 spiro atoms. The molecule has 1 atom stereocenters. The van der Waals surface area contributed by atoms with Gasteiger partial charge in [-0.3, -0.25) is 4.79 Å². The van der Waals surface area contributed by atoms with Crippen molar-refractivity contribution in [3.05, 3.63) is 35.9 Å². The van der Waals surface area contributed by atoms with Crippen molar-refractivity contribution in [1.82, 2.24) is 0 Å². The number of esters is 2. The zero-order valence-corrected chi connectivity index (χ0v) is 8.01. The van der Waals surface area contributed by atoms with Crippen LogP contribution >= 0.6 is 0 Å². The summed E-state index contributed by atoms with van der Waals surface area (Å²) in [5.74, 6) is -0.824. The number of carbonyl (C=O) groups excluding carboxylic acids is 2. The van der Waals surface area contributed by atoms with Gasteiger partial charge in [0.05, 0.1) is 6.42 Å². The van der Waals surface area contributed by atoms with Crippen molar-refractivity contribution >= 4 is 11.9 Å². The molecule has 1 fully saturated rings. The van der Waals surface area contributed by atoms with E-state index in [1.165, 1.54) is 0 Å². The maximum atomic E-state index is 11.2. The summed E-state index contributed by atoms with van der Waals surface area (Å²) in [5, 5.41) is 0. The van der Waals surface area contributed by atoms with Crippen LogP contribution in [0.4, 0.5) is 0 Å². The maximum Gasteiger partial charge on any atom is 0.348 e. The van der Waals surface area contributed by atoms with Gasteiger partial charge in [-0.1, -0.05) is 30.3 Å². The minimum absolute atomic E-state index is 0.133. The van der Waals surface area contributed by atoms with Crippen molar-refractivity contribution in [2.45, 2.75) is 19.1 Å². The summed E-state index contributed by atoms with van der Waals surface area (Å²) in [6, 6.07) is 9.35. The Kier molecular flexibility index (Phi) is 2.67. The van der Waals surface area contributed by atoms with Crippen LogP contribution in [0.3, 0.4) is 0 Å². The Morgan fingerprint density at radius 2 is 2.07 bits per heavy atom. The average Bonchev–Trinajstić information content (AvgIpc) is 2.23. The van der Waals surface area contributed by atoms with E-state index in [1.54, 1.807) is 0 Å². The summed E-state index contributed by atoms with van der Waals surface area (Å²) in [5.41, 5.74) is 0.913. The van der Waals surface area contributed by atoms with Crippen LogP contribution in [0.25, 0.3) is 0 Å². The Morgan fingerprint density at radius 3 is 2.67 bits per heavy atom. The Hall–Kier alpha value is -1.84. The smallest absolute Gasteiger partial charge is 0.348 e. The zero-order valence-electron chi connectivity index (χ0n) is 8.01. The van der Waals surface area contributed by atoms with Gasteiger partial charge in [-0.15, -0.1) is 0 Å². The van der Waals surface area contributed by atoms with Gasteiger partial charge in [0.15, 0.2) is 0 Å². The number of hydrogen-bond acceptors (Lipinski definition) is 4. The predicted octanol–water partition coefficient (Wildman–Crippen LogP) is 1.05. The highest BCUT2D eigenvalue weighted by Gasteiger charge is 2.36. The SMILES string of the molecule is O=C1C[C@@H](C(=O)OCc2ccccc2)O1. The van der Waals surface area contributed by atoms with Crippen LogP contribution in [-0.2, 0) is 25.7 Å². The van der Waals surface area contributed by atoms with E-state index in [9.17, 15) is 9.59 Å². The van der Waals surface area contributed by atoms with Crippen molar-refractivity contribution in [2.24, 2.45) is 0 Å². The fourth-order valence-corrected chi connectivity index (χ4v) is 1.25. The molecular weight excluding hydrogens is 196 g/mol. The lowest BCUT2D eigenvalue weighted by molar-refractivity contribution is -0.186. The lowest BCUT2D eigenvalue weighted by Gasteiger charge is -2.23. The zero-order chi connectivity index (χ0) is 10.7. The van der Waals surface area contributed by atoms with Crippen LogP contribution in [0.2, 0.25) is 0 Å². The fraction of sp³-hybridized carbons (Fsp3) is 0.273. The molecule has 4 heteroatoms. The molecule has 0 aliphatic carbocycles. The number of ether oxygens (including phenoxy) is 2. The quantitative estimate of drug-likeness (QED) is 0.693. The van der Waals surface area contributed by atoms with Crippen LogP contribution in [0, 0.1) is 0 Å². The number of rotatable bonds is 3. The van der Waals surface area contributed by atoms with E-state index in [2.05, 4.69) is 4.74 Å². The predicted molar refractivity (Wildman–Crippen MR) is 50.7 cm³/mol. The second-order valence-electron chi connectivity index (χ2n) is 3.28. The lowest BCUT2D eigenvalue weighted by Crippen LogP contribution is -2.40. The van der Waals surface area contributed by atoms with Crippen molar-refractivity contribution in [2.75, 3.05) is 0 Å². The number of benzene rings is 1. The molecule has 0 amide bonds. The highest BCUT2D eigenvalue weighted by atomic mass is 16.6. The third-order valence-electron chi connectivity index (χ3n) is 2.11. The van der Waals surface area contributed by atoms with E-state index in [-0.39, 0.29) is 19.0 Å². The normalized spacial score (nSPS) is 18.9. The largest absolute Gasteiger partial charge is 0.458 e. The molecule has 2 rings (SSSR count). The summed E-state index contributed by atoms with van der Waals surface area (Å²) in [6.45, 7) is 0.216. The monoisotopic (exact) mass is 206 g/mol. The fourth-order valence-electron chi connectivity index (χ4n) is 1.25. The minimum Gasteiger partial charge on any atom is -0.458 e. The van der Waals surface area contributed by atoms with Gasteiger partial charge in [-0.05, 0) is 5.56 Å². The molecular formula is C11H10O4. The molecule has 1 aromatic rings. The highest BCUT2D eigenvalue weighted by Crippen LogP contribution is 2.15. The van der Waals surface area contributed by atoms with E-state index in [4.69, 9.17) is 4.74 Å². The van der Waals surface area contributed by atoms with Gasteiger partial charge in [0.25, 0.3) is 0 Å². The van der Waals surface area contributed by atoms with Crippen molar-refractivity contribution < 1.29 is 19.1 Å². The molecule has 0 unspecified atom stereocenters. The van der Waals surface area contributed by atoms with E-state index in [0.717, 1.165) is 5.56 Å². The lowest BCUT2D eigenvalue weighted by atomic mass is 10.2. The standard InChI is InChI=1S/C11H10O4/c12-10-6-9(15-10)11(13)14-7-8-4-2-1-3-5-8/h1-5,9H,6-7H2/t9-/m0/s1. The van der Waals surface area contributed by atoms with Crippen LogP contribution in [-0.4, -0.2) is 18.0 Å². The molecule has 0 saturated carbocycles. The van der Waals surface area contributed by atoms with Crippen molar-refractivity contribution in [3.8, 4) is 0 Å². The first-order valence-corrected chi connectivity index (χ1v) is 4.66. The first-order valence-electron chi connectivity index (χ1n) is 4.66. The molecule has 15 heavy (non-hydrogen) atoms. The first kappa shape index (κ1) is 9.71. The number of cyclic esters (lactones) is 1. The summed E-state index contributed by atoms with van der Waals surface area (Å²) in [4.78, 5) is 21.7. The second-order valence-corrected chi connectivity index (χ2v) is 3.28. The Balaban J connectivity index is 1.79. The highest BCUT2D eigenvalue weighted by molar-refractivity contribution is 5.89. The third kappa shape index (κ3) is 2.34. The van der Waals surface area contributed by atoms with Gasteiger partial charge in [-0.2, -0.15) is 0 Å². The van der Waals surface area contributed by atoms with E-state index in [0.29, 0.717) is 0 Å². The topological polar surface area (TPSA) is 52.6 Å². The summed E-state index contributed by atoms with van der Waals surface area (Å²) in [6.07, 6.45) is -0.561. The molecule has 0 aromatic heterocycles. The Labute approximate surface area is 86.8 Å². The third-order valence-corrected chi connectivity index (χ3v) is 2.11. The number of carbonyl (C=O) groups is 2. The van der Waals surface area contributed by atoms with E-state index >= 15 is 0 Å². The summed E-state index contributed by atoms with van der Waals surface area (Å²) < 4.78 is 9.54. The molecule has 78 valence electrons. The molecule has 1 aromatic carbocycles. The average molecular weight is 206 g/mol. The summed E-state index contributed by atoms with van der Waals surface area (Å²) in [7, 11) is 0. The minimum atomic E-state index is -0.693. The van der Waals surface area contributed by atoms with Gasteiger partial charge in [0, 0.05) is 0 Å². The molecule has 1 saturated heterocycles. The van der Waals surface area contributed by atoms with Crippen LogP contribution < -0.4 is 0 Å². The van der Waals surface area contributed by atoms with E-state index < -0.39 is 12.1 Å². The van der Waals surface area contributed by atoms with Gasteiger partial charge in [0.2, 0.25) is 6.10 Å². The molecule has 1 heterocycles. The Bertz CT molecular complexity index is 363. The van der Waals surface area contributed by atoms with Gasteiger partial charge in [0.1, 0.15) is 6.61 Å². The van der Waals surface area contributed by atoms with Gasteiger partial charge >= 0.3 is 11.9 Å². The van der Waals surface area contributed by atoms with Crippen LogP contribution in [0.15, 0.2) is 30.3 Å². The number of hydrogen-bond donors (Lipinski definition) is 0. The van der Waals surface area contributed by atoms with Crippen LogP contribution in [0.5, 0.6) is 0 Å². The van der Waals surface area contributed by atoms with Crippen molar-refractivity contribution in [1.29, 1.82) is 0 Å². The van der Waals surface area contributed by atoms with Gasteiger partial charge < -0.3 is 9.47 Å². The first-order chi connectivity index (χ1) is 7.25. The molecule has 4 nitrogen and oxygen atoms in total. The van der Waals surface area contributed by atoms with E-state index in [1.807, 2.05) is 30.3 Å². The maximum absolute atomic E-state index is 11.2. The Morgan fingerprint density at radius 1 is 1.40 bits per heavy atom. The van der Waals surface area contributed by atoms with Crippen molar-refractivity contribution in [3.63, 3.8) is 0 Å². The molecule has 1 aliphatic heterocycles. The summed E-state index contributed by atoms with van der Waals surface area (Å²) >= 11 is 0.